The van der Waals surface area contributed by atoms with Crippen molar-refractivity contribution in [2.24, 2.45) is 0 Å². The van der Waals surface area contributed by atoms with Crippen molar-refractivity contribution in [2.75, 3.05) is 23.8 Å². The summed E-state index contributed by atoms with van der Waals surface area (Å²) in [5.41, 5.74) is 4.98. The maximum absolute atomic E-state index is 12.1. The van der Waals surface area contributed by atoms with Crippen molar-refractivity contribution in [1.82, 2.24) is 9.97 Å². The number of fused-ring (bicyclic) bond motifs is 3. The molecule has 31 heavy (non-hydrogen) atoms. The van der Waals surface area contributed by atoms with E-state index < -0.39 is 0 Å². The van der Waals surface area contributed by atoms with Crippen molar-refractivity contribution in [3.05, 3.63) is 88.5 Å². The summed E-state index contributed by atoms with van der Waals surface area (Å²) in [4.78, 5) is 20.3. The fraction of sp³-hybridized carbons (Fsp3) is 0.167. The van der Waals surface area contributed by atoms with Gasteiger partial charge in [-0.3, -0.25) is 4.79 Å². The molecule has 3 heterocycles. The number of rotatable bonds is 2. The normalized spacial score (nSPS) is 19.5. The van der Waals surface area contributed by atoms with Gasteiger partial charge in [0.25, 0.3) is 5.56 Å². The van der Waals surface area contributed by atoms with Gasteiger partial charge in [-0.2, -0.15) is 0 Å². The Kier molecular flexibility index (Phi) is 4.35. The van der Waals surface area contributed by atoms with Crippen LogP contribution in [0.2, 0.25) is 0 Å². The largest absolute Gasteiger partial charge is 0.489 e. The Morgan fingerprint density at radius 1 is 1.00 bits per heavy atom. The van der Waals surface area contributed by atoms with Crippen molar-refractivity contribution in [2.45, 2.75) is 16.2 Å². The molecule has 3 N–H and O–H groups in total. The predicted octanol–water partition coefficient (Wildman–Crippen LogP) is 4.73. The molecular formula is C24H20N4O2S. The highest BCUT2D eigenvalue weighted by Gasteiger charge is 2.25. The summed E-state index contributed by atoms with van der Waals surface area (Å²) in [5.74, 6) is 0.869. The fourth-order valence-electron chi connectivity index (χ4n) is 4.16. The summed E-state index contributed by atoms with van der Waals surface area (Å²) in [6, 6.07) is 20.6. The van der Waals surface area contributed by atoms with E-state index in [1.54, 1.807) is 0 Å². The molecule has 0 spiro atoms. The number of H-pyrrole nitrogens is 1. The molecule has 7 heteroatoms. The quantitative estimate of drug-likeness (QED) is 0.429. The SMILES string of the molecule is O=c1[nH]cnc2ccc(C3COc4cc(C5CNc6ccccc6S5)ccc4N3)cc12. The van der Waals surface area contributed by atoms with Crippen LogP contribution in [0.3, 0.4) is 0 Å². The topological polar surface area (TPSA) is 79.0 Å². The third kappa shape index (κ3) is 3.31. The minimum Gasteiger partial charge on any atom is -0.489 e. The first-order valence-corrected chi connectivity index (χ1v) is 11.1. The van der Waals surface area contributed by atoms with Gasteiger partial charge in [0.1, 0.15) is 12.4 Å². The third-order valence-corrected chi connectivity index (χ3v) is 7.15. The molecule has 4 aromatic rings. The molecule has 0 radical (unpaired) electrons. The lowest BCUT2D eigenvalue weighted by Crippen LogP contribution is -2.24. The van der Waals surface area contributed by atoms with Gasteiger partial charge in [0.05, 0.1) is 34.2 Å². The van der Waals surface area contributed by atoms with Gasteiger partial charge in [0, 0.05) is 17.1 Å². The molecule has 0 saturated heterocycles. The average Bonchev–Trinajstić information content (AvgIpc) is 2.83. The van der Waals surface area contributed by atoms with Gasteiger partial charge in [0.2, 0.25) is 0 Å². The van der Waals surface area contributed by atoms with E-state index in [1.165, 1.54) is 22.5 Å². The van der Waals surface area contributed by atoms with Crippen LogP contribution in [0.4, 0.5) is 11.4 Å². The Morgan fingerprint density at radius 3 is 2.87 bits per heavy atom. The van der Waals surface area contributed by atoms with Crippen LogP contribution >= 0.6 is 11.8 Å². The summed E-state index contributed by atoms with van der Waals surface area (Å²) >= 11 is 1.88. The molecule has 6 rings (SSSR count). The minimum atomic E-state index is -0.131. The highest BCUT2D eigenvalue weighted by molar-refractivity contribution is 7.99. The smallest absolute Gasteiger partial charge is 0.258 e. The van der Waals surface area contributed by atoms with E-state index in [9.17, 15) is 4.79 Å². The number of thioether (sulfide) groups is 1. The zero-order valence-electron chi connectivity index (χ0n) is 16.6. The molecule has 0 aliphatic carbocycles. The Hall–Kier alpha value is -3.45. The number of nitrogens with zero attached hydrogens (tertiary/aromatic N) is 1. The van der Waals surface area contributed by atoms with E-state index in [0.717, 1.165) is 23.5 Å². The van der Waals surface area contributed by atoms with E-state index >= 15 is 0 Å². The van der Waals surface area contributed by atoms with Crippen LogP contribution in [0.25, 0.3) is 10.9 Å². The summed E-state index contributed by atoms with van der Waals surface area (Å²) in [5, 5.41) is 8.01. The van der Waals surface area contributed by atoms with E-state index in [1.807, 2.05) is 30.0 Å². The zero-order valence-corrected chi connectivity index (χ0v) is 17.4. The molecule has 0 saturated carbocycles. The van der Waals surface area contributed by atoms with Crippen molar-refractivity contribution < 1.29 is 4.74 Å². The number of para-hydroxylation sites is 1. The van der Waals surface area contributed by atoms with Crippen molar-refractivity contribution in [3.63, 3.8) is 0 Å². The molecule has 6 nitrogen and oxygen atoms in total. The molecule has 0 amide bonds. The summed E-state index contributed by atoms with van der Waals surface area (Å²) in [7, 11) is 0. The van der Waals surface area contributed by atoms with Crippen LogP contribution in [0.15, 0.2) is 76.7 Å². The fourth-order valence-corrected chi connectivity index (χ4v) is 5.34. The molecule has 3 aromatic carbocycles. The number of benzene rings is 3. The zero-order chi connectivity index (χ0) is 20.8. The van der Waals surface area contributed by atoms with Crippen LogP contribution in [-0.2, 0) is 0 Å². The molecular weight excluding hydrogens is 408 g/mol. The number of aromatic amines is 1. The highest BCUT2D eigenvalue weighted by Crippen LogP contribution is 2.45. The Morgan fingerprint density at radius 2 is 1.90 bits per heavy atom. The lowest BCUT2D eigenvalue weighted by Gasteiger charge is -2.30. The number of hydrogen-bond acceptors (Lipinski definition) is 6. The monoisotopic (exact) mass is 428 g/mol. The first-order valence-electron chi connectivity index (χ1n) is 10.2. The molecule has 2 aliphatic rings. The Labute approximate surface area is 183 Å². The van der Waals surface area contributed by atoms with Gasteiger partial charge in [-0.15, -0.1) is 11.8 Å². The lowest BCUT2D eigenvalue weighted by molar-refractivity contribution is 0.286. The van der Waals surface area contributed by atoms with E-state index in [-0.39, 0.29) is 11.6 Å². The van der Waals surface area contributed by atoms with Gasteiger partial charge in [0.15, 0.2) is 0 Å². The second kappa shape index (κ2) is 7.35. The van der Waals surface area contributed by atoms with Crippen LogP contribution in [0, 0.1) is 0 Å². The van der Waals surface area contributed by atoms with Gasteiger partial charge < -0.3 is 20.4 Å². The molecule has 0 fully saturated rings. The lowest BCUT2D eigenvalue weighted by atomic mass is 10.0. The maximum Gasteiger partial charge on any atom is 0.258 e. The van der Waals surface area contributed by atoms with Crippen molar-refractivity contribution >= 4 is 34.0 Å². The van der Waals surface area contributed by atoms with Crippen LogP contribution in [-0.4, -0.2) is 23.1 Å². The van der Waals surface area contributed by atoms with Gasteiger partial charge in [-0.1, -0.05) is 24.3 Å². The number of ether oxygens (including phenoxy) is 1. The van der Waals surface area contributed by atoms with Gasteiger partial charge in [-0.05, 0) is 47.5 Å². The van der Waals surface area contributed by atoms with E-state index in [4.69, 9.17) is 4.74 Å². The van der Waals surface area contributed by atoms with Crippen LogP contribution in [0.1, 0.15) is 22.4 Å². The van der Waals surface area contributed by atoms with Gasteiger partial charge in [-0.25, -0.2) is 4.98 Å². The number of hydrogen-bond donors (Lipinski definition) is 3. The summed E-state index contributed by atoms with van der Waals surface area (Å²) < 4.78 is 6.14. The average molecular weight is 429 g/mol. The minimum absolute atomic E-state index is 0.0278. The second-order valence-electron chi connectivity index (χ2n) is 7.76. The van der Waals surface area contributed by atoms with Gasteiger partial charge >= 0.3 is 0 Å². The second-order valence-corrected chi connectivity index (χ2v) is 9.00. The number of nitrogens with one attached hydrogen (secondary N) is 3. The first-order chi connectivity index (χ1) is 15.2. The van der Waals surface area contributed by atoms with Crippen molar-refractivity contribution in [1.29, 1.82) is 0 Å². The molecule has 2 atom stereocenters. The van der Waals surface area contributed by atoms with Crippen LogP contribution < -0.4 is 20.9 Å². The molecule has 0 bridgehead atoms. The standard InChI is InChI=1S/C24H20N4O2S/c29-24-16-9-14(5-7-17(16)26-13-27-24)20-12-30-21-10-15(6-8-18(21)28-20)23-11-25-19-3-1-2-4-22(19)31-23/h1-10,13,20,23,25,28H,11-12H2,(H,26,27,29). The number of anilines is 2. The Bertz CT molecular complexity index is 1350. The summed E-state index contributed by atoms with van der Waals surface area (Å²) in [6.45, 7) is 1.38. The number of aromatic nitrogens is 2. The first kappa shape index (κ1) is 18.3. The molecule has 1 aromatic heterocycles. The maximum atomic E-state index is 12.1. The van der Waals surface area contributed by atoms with Crippen LogP contribution in [0.5, 0.6) is 5.75 Å². The predicted molar refractivity (Wildman–Crippen MR) is 124 cm³/mol. The Balaban J connectivity index is 1.25. The van der Waals surface area contributed by atoms with E-state index in [2.05, 4.69) is 63.1 Å². The van der Waals surface area contributed by atoms with E-state index in [0.29, 0.717) is 22.8 Å². The molecule has 2 aliphatic heterocycles. The molecule has 154 valence electrons. The third-order valence-electron chi connectivity index (χ3n) is 5.81. The van der Waals surface area contributed by atoms with Crippen molar-refractivity contribution in [3.8, 4) is 5.75 Å². The molecule has 2 unspecified atom stereocenters. The summed E-state index contributed by atoms with van der Waals surface area (Å²) in [6.07, 6.45) is 1.43. The highest BCUT2D eigenvalue weighted by atomic mass is 32.2.